The maximum absolute atomic E-state index is 12.5. The summed E-state index contributed by atoms with van der Waals surface area (Å²) in [6.45, 7) is 2.29. The molecule has 5 rings (SSSR count). The van der Waals surface area contributed by atoms with Gasteiger partial charge in [0, 0.05) is 12.1 Å². The number of nitrogens with zero attached hydrogens (tertiary/aromatic N) is 5. The van der Waals surface area contributed by atoms with Gasteiger partial charge in [-0.2, -0.15) is 4.99 Å². The predicted molar refractivity (Wildman–Crippen MR) is 154 cm³/mol. The first-order chi connectivity index (χ1) is 20.2. The van der Waals surface area contributed by atoms with Crippen LogP contribution in [-0.2, 0) is 11.2 Å². The van der Waals surface area contributed by atoms with E-state index in [9.17, 15) is 22.8 Å². The Labute approximate surface area is 243 Å². The number of benzene rings is 3. The van der Waals surface area contributed by atoms with Gasteiger partial charge < -0.3 is 10.1 Å². The summed E-state index contributed by atoms with van der Waals surface area (Å²) in [5.41, 5.74) is 3.95. The Bertz CT molecular complexity index is 1620. The third-order valence-corrected chi connectivity index (χ3v) is 7.17. The van der Waals surface area contributed by atoms with E-state index in [4.69, 9.17) is 0 Å². The lowest BCUT2D eigenvalue weighted by Crippen LogP contribution is -2.32. The quantitative estimate of drug-likeness (QED) is 0.254. The van der Waals surface area contributed by atoms with Gasteiger partial charge in [-0.15, -0.1) is 18.3 Å². The highest BCUT2D eigenvalue weighted by atomic mass is 32.2. The fourth-order valence-electron chi connectivity index (χ4n) is 4.30. The number of para-hydroxylation sites is 1. The van der Waals surface area contributed by atoms with Crippen molar-refractivity contribution < 1.29 is 27.5 Å². The number of rotatable bonds is 8. The van der Waals surface area contributed by atoms with Gasteiger partial charge in [-0.1, -0.05) is 48.2 Å². The molecule has 4 aromatic rings. The first kappa shape index (κ1) is 28.9. The van der Waals surface area contributed by atoms with Crippen LogP contribution >= 0.6 is 11.8 Å². The molecule has 1 aliphatic heterocycles. The molecule has 1 saturated heterocycles. The average molecular weight is 595 g/mol. The number of nitrogens with one attached hydrogen (secondary N) is 1. The molecule has 0 unspecified atom stereocenters. The molecule has 13 heteroatoms. The number of urea groups is 1. The van der Waals surface area contributed by atoms with E-state index in [1.807, 2.05) is 55.5 Å². The van der Waals surface area contributed by atoms with Gasteiger partial charge in [-0.25, -0.2) is 14.5 Å². The van der Waals surface area contributed by atoms with Crippen LogP contribution in [0.3, 0.4) is 0 Å². The van der Waals surface area contributed by atoms with Crippen molar-refractivity contribution in [2.24, 2.45) is 4.99 Å². The normalized spacial score (nSPS) is 14.4. The number of aryl methyl sites for hydroxylation is 2. The second-order valence-electron chi connectivity index (χ2n) is 9.29. The number of halogens is 3. The van der Waals surface area contributed by atoms with Gasteiger partial charge >= 0.3 is 12.4 Å². The molecule has 0 radical (unpaired) electrons. The second-order valence-corrected chi connectivity index (χ2v) is 10.2. The molecule has 1 N–H and O–H groups in total. The van der Waals surface area contributed by atoms with E-state index >= 15 is 0 Å². The molecule has 0 spiro atoms. The zero-order valence-electron chi connectivity index (χ0n) is 22.3. The third-order valence-electron chi connectivity index (χ3n) is 6.25. The number of alkyl halides is 3. The first-order valence-corrected chi connectivity index (χ1v) is 13.9. The molecule has 42 heavy (non-hydrogen) atoms. The number of hydrogen-bond donors (Lipinski definition) is 1. The molecular formula is C29H25F3N6O3S. The van der Waals surface area contributed by atoms with E-state index in [0.29, 0.717) is 41.8 Å². The van der Waals surface area contributed by atoms with Crippen molar-refractivity contribution in [1.82, 2.24) is 20.1 Å². The summed E-state index contributed by atoms with van der Waals surface area (Å²) >= 11 is 1.23. The molecule has 9 nitrogen and oxygen atoms in total. The van der Waals surface area contributed by atoms with E-state index in [1.54, 1.807) is 0 Å². The van der Waals surface area contributed by atoms with Crippen molar-refractivity contribution in [2.45, 2.75) is 26.1 Å². The highest BCUT2D eigenvalue weighted by Crippen LogP contribution is 2.29. The molecule has 0 atom stereocenters. The number of hydrogen-bond acceptors (Lipinski definition) is 6. The smallest absolute Gasteiger partial charge is 0.406 e. The minimum absolute atomic E-state index is 0.117. The fourth-order valence-corrected chi connectivity index (χ4v) is 5.15. The van der Waals surface area contributed by atoms with Crippen LogP contribution in [0.1, 0.15) is 17.5 Å². The average Bonchev–Trinajstić information content (AvgIpc) is 3.59. The summed E-state index contributed by atoms with van der Waals surface area (Å²) in [7, 11) is 0. The monoisotopic (exact) mass is 594 g/mol. The Balaban J connectivity index is 1.15. The van der Waals surface area contributed by atoms with Crippen LogP contribution in [0, 0.1) is 6.92 Å². The maximum Gasteiger partial charge on any atom is 0.573 e. The van der Waals surface area contributed by atoms with Crippen LogP contribution in [0.25, 0.3) is 17.1 Å². The van der Waals surface area contributed by atoms with Gasteiger partial charge in [0.25, 0.3) is 0 Å². The van der Waals surface area contributed by atoms with Crippen molar-refractivity contribution >= 4 is 34.6 Å². The minimum Gasteiger partial charge on any atom is -0.406 e. The van der Waals surface area contributed by atoms with Crippen molar-refractivity contribution in [2.75, 3.05) is 17.2 Å². The summed E-state index contributed by atoms with van der Waals surface area (Å²) in [6, 6.07) is 19.9. The lowest BCUT2D eigenvalue weighted by molar-refractivity contribution is -0.274. The van der Waals surface area contributed by atoms with Gasteiger partial charge in [0.15, 0.2) is 11.0 Å². The maximum atomic E-state index is 12.5. The van der Waals surface area contributed by atoms with Crippen molar-refractivity contribution in [1.29, 1.82) is 0 Å². The Morgan fingerprint density at radius 2 is 1.88 bits per heavy atom. The number of anilines is 1. The first-order valence-electron chi connectivity index (χ1n) is 12.9. The predicted octanol–water partition coefficient (Wildman–Crippen LogP) is 5.92. The molecule has 3 amide bonds. The summed E-state index contributed by atoms with van der Waals surface area (Å²) in [6.07, 6.45) is -1.95. The van der Waals surface area contributed by atoms with Gasteiger partial charge in [0.05, 0.1) is 17.1 Å². The Hall–Kier alpha value is -4.65. The van der Waals surface area contributed by atoms with Crippen LogP contribution in [0.15, 0.2) is 84.1 Å². The van der Waals surface area contributed by atoms with E-state index in [-0.39, 0.29) is 17.4 Å². The Kier molecular flexibility index (Phi) is 8.57. The van der Waals surface area contributed by atoms with E-state index < -0.39 is 12.4 Å². The van der Waals surface area contributed by atoms with Crippen LogP contribution in [0.5, 0.6) is 5.75 Å². The van der Waals surface area contributed by atoms with Gasteiger partial charge in [-0.05, 0) is 67.3 Å². The Morgan fingerprint density at radius 3 is 2.64 bits per heavy atom. The number of aliphatic imine (C=N–C) groups is 1. The number of aromatic nitrogens is 3. The number of amidine groups is 1. The number of amides is 3. The van der Waals surface area contributed by atoms with Crippen LogP contribution in [0.2, 0.25) is 0 Å². The lowest BCUT2D eigenvalue weighted by Gasteiger charge is -2.18. The largest absolute Gasteiger partial charge is 0.573 e. The molecule has 216 valence electrons. The van der Waals surface area contributed by atoms with Crippen LogP contribution in [0.4, 0.5) is 23.7 Å². The summed E-state index contributed by atoms with van der Waals surface area (Å²) in [5, 5.41) is 7.59. The summed E-state index contributed by atoms with van der Waals surface area (Å²) in [5.74, 6) is 0.249. The van der Waals surface area contributed by atoms with Gasteiger partial charge in [0.2, 0.25) is 5.91 Å². The van der Waals surface area contributed by atoms with Gasteiger partial charge in [0.1, 0.15) is 12.1 Å². The zero-order valence-corrected chi connectivity index (χ0v) is 23.2. The van der Waals surface area contributed by atoms with Crippen molar-refractivity contribution in [3.05, 3.63) is 90.3 Å². The Morgan fingerprint density at radius 1 is 1.10 bits per heavy atom. The number of carbonyl (C=O) groups excluding carboxylic acids is 2. The molecule has 0 bridgehead atoms. The molecule has 3 aromatic carbocycles. The standard InChI is InChI=1S/C29H25F3N6O3S/c1-19-6-2-3-10-24(19)38-25(39)17-42-28(38)35-27(40)33-15-5-8-20-7-4-9-21(16-20)26-34-18-37(36-26)22-11-13-23(14-12-22)41-29(30,31)32/h2-4,6-7,9-14,16,18H,5,8,15,17H2,1H3,(H,33,40). The highest BCUT2D eigenvalue weighted by Gasteiger charge is 2.32. The summed E-state index contributed by atoms with van der Waals surface area (Å²) in [4.78, 5) is 34.9. The molecule has 1 fully saturated rings. The molecule has 1 aliphatic rings. The van der Waals surface area contributed by atoms with Gasteiger partial charge in [-0.3, -0.25) is 9.69 Å². The zero-order chi connectivity index (χ0) is 29.7. The van der Waals surface area contributed by atoms with Crippen LogP contribution in [-0.4, -0.2) is 50.5 Å². The van der Waals surface area contributed by atoms with Crippen molar-refractivity contribution in [3.8, 4) is 22.8 Å². The second kappa shape index (κ2) is 12.5. The molecule has 1 aromatic heterocycles. The topological polar surface area (TPSA) is 102 Å². The number of ether oxygens (including phenoxy) is 1. The molecule has 0 aliphatic carbocycles. The SMILES string of the molecule is Cc1ccccc1N1C(=O)CSC1=NC(=O)NCCCc1cccc(-c2ncn(-c3ccc(OC(F)(F)F)cc3)n2)c1. The summed E-state index contributed by atoms with van der Waals surface area (Å²) < 4.78 is 42.6. The fraction of sp³-hybridized carbons (Fsp3) is 0.207. The third kappa shape index (κ3) is 7.16. The van der Waals surface area contributed by atoms with E-state index in [2.05, 4.69) is 25.1 Å². The van der Waals surface area contributed by atoms with Crippen LogP contribution < -0.4 is 15.0 Å². The van der Waals surface area contributed by atoms with Crippen molar-refractivity contribution in [3.63, 3.8) is 0 Å². The molecular weight excluding hydrogens is 569 g/mol. The minimum atomic E-state index is -4.76. The molecule has 0 saturated carbocycles. The number of thioether (sulfide) groups is 1. The highest BCUT2D eigenvalue weighted by molar-refractivity contribution is 8.15. The van der Waals surface area contributed by atoms with E-state index in [1.165, 1.54) is 51.9 Å². The lowest BCUT2D eigenvalue weighted by atomic mass is 10.1. The number of carbonyl (C=O) groups is 2. The molecule has 2 heterocycles. The van der Waals surface area contributed by atoms with E-state index in [0.717, 1.165) is 16.7 Å².